The number of nitrogens with one attached hydrogen (secondary N) is 1. The van der Waals surface area contributed by atoms with E-state index in [-0.39, 0.29) is 6.54 Å². The van der Waals surface area contributed by atoms with Gasteiger partial charge >= 0.3 is 12.1 Å². The molecule has 0 heterocycles. The first kappa shape index (κ1) is 14.0. The number of esters is 1. The van der Waals surface area contributed by atoms with Crippen molar-refractivity contribution in [2.45, 2.75) is 26.1 Å². The van der Waals surface area contributed by atoms with Crippen LogP contribution in [0.1, 0.15) is 13.8 Å². The molecule has 1 atom stereocenters. The molecule has 0 bridgehead atoms. The van der Waals surface area contributed by atoms with E-state index in [9.17, 15) is 18.0 Å². The van der Waals surface area contributed by atoms with Crippen molar-refractivity contribution >= 4 is 5.97 Å². The lowest BCUT2D eigenvalue weighted by Crippen LogP contribution is -2.35. The molecule has 0 aliphatic rings. The van der Waals surface area contributed by atoms with Crippen molar-refractivity contribution in [3.8, 4) is 0 Å². The fraction of sp³-hybridized carbons (Fsp3) is 0.667. The van der Waals surface area contributed by atoms with E-state index in [1.54, 1.807) is 0 Å². The van der Waals surface area contributed by atoms with Gasteiger partial charge in [-0.2, -0.15) is 13.2 Å². The zero-order chi connectivity index (χ0) is 12.1. The second kappa shape index (κ2) is 5.75. The first-order chi connectivity index (χ1) is 6.79. The fourth-order valence-corrected chi connectivity index (χ4v) is 0.765. The van der Waals surface area contributed by atoms with Crippen molar-refractivity contribution < 1.29 is 22.7 Å². The van der Waals surface area contributed by atoms with Gasteiger partial charge in [0.1, 0.15) is 6.04 Å². The van der Waals surface area contributed by atoms with Gasteiger partial charge in [-0.25, -0.2) is 0 Å². The maximum Gasteiger partial charge on any atom is 0.412 e. The molecule has 15 heavy (non-hydrogen) atoms. The standard InChI is InChI=1S/C9H14F3NO2/c1-6(9(10,11)12)4-5-13-7(2)8(14)15-3/h4,7,13H,5H2,1-3H3. The van der Waals surface area contributed by atoms with E-state index >= 15 is 0 Å². The molecule has 1 unspecified atom stereocenters. The SMILES string of the molecule is COC(=O)C(C)NCC=C(C)C(F)(F)F. The maximum atomic E-state index is 12.0. The first-order valence-electron chi connectivity index (χ1n) is 4.34. The van der Waals surface area contributed by atoms with Gasteiger partial charge in [-0.1, -0.05) is 6.08 Å². The van der Waals surface area contributed by atoms with Gasteiger partial charge in [-0.3, -0.25) is 4.79 Å². The quantitative estimate of drug-likeness (QED) is 0.584. The van der Waals surface area contributed by atoms with E-state index in [0.717, 1.165) is 13.0 Å². The third-order valence-electron chi connectivity index (χ3n) is 1.83. The molecule has 0 spiro atoms. The molecule has 0 aromatic heterocycles. The Morgan fingerprint density at radius 3 is 2.47 bits per heavy atom. The minimum Gasteiger partial charge on any atom is -0.468 e. The average molecular weight is 225 g/mol. The number of halogens is 3. The highest BCUT2D eigenvalue weighted by Crippen LogP contribution is 2.24. The van der Waals surface area contributed by atoms with Crippen LogP contribution in [0.25, 0.3) is 0 Å². The summed E-state index contributed by atoms with van der Waals surface area (Å²) in [6.07, 6.45) is -3.32. The number of ether oxygens (including phenoxy) is 1. The number of carbonyl (C=O) groups is 1. The zero-order valence-electron chi connectivity index (χ0n) is 8.81. The number of rotatable bonds is 4. The van der Waals surface area contributed by atoms with Crippen molar-refractivity contribution in [2.75, 3.05) is 13.7 Å². The van der Waals surface area contributed by atoms with Crippen LogP contribution in [-0.4, -0.2) is 31.8 Å². The van der Waals surface area contributed by atoms with Gasteiger partial charge < -0.3 is 10.1 Å². The van der Waals surface area contributed by atoms with Gasteiger partial charge in [0, 0.05) is 12.1 Å². The van der Waals surface area contributed by atoms with Gasteiger partial charge in [-0.15, -0.1) is 0 Å². The summed E-state index contributed by atoms with van der Waals surface area (Å²) in [6.45, 7) is 2.47. The number of methoxy groups -OCH3 is 1. The van der Waals surface area contributed by atoms with Gasteiger partial charge in [0.25, 0.3) is 0 Å². The molecule has 0 amide bonds. The van der Waals surface area contributed by atoms with Crippen LogP contribution in [0.3, 0.4) is 0 Å². The van der Waals surface area contributed by atoms with Crippen molar-refractivity contribution in [1.29, 1.82) is 0 Å². The molecule has 0 aliphatic carbocycles. The molecule has 3 nitrogen and oxygen atoms in total. The van der Waals surface area contributed by atoms with Crippen LogP contribution >= 0.6 is 0 Å². The second-order valence-electron chi connectivity index (χ2n) is 3.04. The molecule has 6 heteroatoms. The first-order valence-corrected chi connectivity index (χ1v) is 4.34. The topological polar surface area (TPSA) is 38.3 Å². The van der Waals surface area contributed by atoms with Crippen LogP contribution in [0, 0.1) is 0 Å². The predicted molar refractivity (Wildman–Crippen MR) is 49.3 cm³/mol. The number of alkyl halides is 3. The van der Waals surface area contributed by atoms with E-state index in [0.29, 0.717) is 0 Å². The maximum absolute atomic E-state index is 12.0. The lowest BCUT2D eigenvalue weighted by Gasteiger charge is -2.10. The average Bonchev–Trinajstić information content (AvgIpc) is 2.14. The summed E-state index contributed by atoms with van der Waals surface area (Å²) in [7, 11) is 1.22. The van der Waals surface area contributed by atoms with Crippen LogP contribution < -0.4 is 5.32 Å². The van der Waals surface area contributed by atoms with Crippen LogP contribution in [0.4, 0.5) is 13.2 Å². The summed E-state index contributed by atoms with van der Waals surface area (Å²) < 4.78 is 40.4. The molecule has 0 rings (SSSR count). The summed E-state index contributed by atoms with van der Waals surface area (Å²) in [6, 6.07) is -0.618. The molecule has 0 aromatic carbocycles. The van der Waals surface area contributed by atoms with Gasteiger partial charge in [-0.05, 0) is 13.8 Å². The summed E-state index contributed by atoms with van der Waals surface area (Å²) in [5.74, 6) is -0.506. The van der Waals surface area contributed by atoms with Crippen LogP contribution in [-0.2, 0) is 9.53 Å². The molecule has 0 fully saturated rings. The fourth-order valence-electron chi connectivity index (χ4n) is 0.765. The lowest BCUT2D eigenvalue weighted by atomic mass is 10.2. The zero-order valence-corrected chi connectivity index (χ0v) is 8.81. The largest absolute Gasteiger partial charge is 0.468 e. The number of hydrogen-bond donors (Lipinski definition) is 1. The van der Waals surface area contributed by atoms with E-state index < -0.39 is 23.8 Å². The highest BCUT2D eigenvalue weighted by atomic mass is 19.4. The van der Waals surface area contributed by atoms with E-state index in [1.165, 1.54) is 14.0 Å². The molecular weight excluding hydrogens is 211 g/mol. The molecule has 1 N–H and O–H groups in total. The predicted octanol–water partition coefficient (Wildman–Crippen LogP) is 1.65. The third kappa shape index (κ3) is 5.41. The Hall–Kier alpha value is -1.04. The number of allylic oxidation sites excluding steroid dienone is 1. The van der Waals surface area contributed by atoms with E-state index in [1.807, 2.05) is 0 Å². The van der Waals surface area contributed by atoms with Gasteiger partial charge in [0.2, 0.25) is 0 Å². The van der Waals surface area contributed by atoms with Crippen molar-refractivity contribution in [3.63, 3.8) is 0 Å². The summed E-state index contributed by atoms with van der Waals surface area (Å²) in [5.41, 5.74) is -0.688. The molecule has 0 radical (unpaired) electrons. The van der Waals surface area contributed by atoms with E-state index in [4.69, 9.17) is 0 Å². The van der Waals surface area contributed by atoms with Crippen molar-refractivity contribution in [1.82, 2.24) is 5.32 Å². The van der Waals surface area contributed by atoms with Crippen LogP contribution in [0.2, 0.25) is 0 Å². The Morgan fingerprint density at radius 1 is 1.53 bits per heavy atom. The van der Waals surface area contributed by atoms with Gasteiger partial charge in [0.15, 0.2) is 0 Å². The number of carbonyl (C=O) groups excluding carboxylic acids is 1. The highest BCUT2D eigenvalue weighted by Gasteiger charge is 2.29. The smallest absolute Gasteiger partial charge is 0.412 e. The third-order valence-corrected chi connectivity index (χ3v) is 1.83. The molecule has 0 aliphatic heterocycles. The summed E-state index contributed by atoms with van der Waals surface area (Å²) in [4.78, 5) is 10.9. The normalized spacial score (nSPS) is 14.9. The minimum atomic E-state index is -4.31. The molecule has 0 saturated carbocycles. The Morgan fingerprint density at radius 2 is 2.07 bits per heavy atom. The molecule has 0 saturated heterocycles. The van der Waals surface area contributed by atoms with E-state index in [2.05, 4.69) is 10.1 Å². The Kier molecular flexibility index (Phi) is 5.35. The molecule has 88 valence electrons. The summed E-state index contributed by atoms with van der Waals surface area (Å²) >= 11 is 0. The highest BCUT2D eigenvalue weighted by molar-refractivity contribution is 5.75. The van der Waals surface area contributed by atoms with Gasteiger partial charge in [0.05, 0.1) is 7.11 Å². The Bertz CT molecular complexity index is 248. The second-order valence-corrected chi connectivity index (χ2v) is 3.04. The van der Waals surface area contributed by atoms with Crippen molar-refractivity contribution in [2.24, 2.45) is 0 Å². The molecular formula is C9H14F3NO2. The molecule has 0 aromatic rings. The minimum absolute atomic E-state index is 0.0262. The van der Waals surface area contributed by atoms with Crippen molar-refractivity contribution in [3.05, 3.63) is 11.6 Å². The monoisotopic (exact) mass is 225 g/mol. The Balaban J connectivity index is 4.04. The Labute approximate surface area is 86.3 Å². The van der Waals surface area contributed by atoms with Crippen LogP contribution in [0.5, 0.6) is 0 Å². The lowest BCUT2D eigenvalue weighted by molar-refractivity contribution is -0.142. The van der Waals surface area contributed by atoms with Crippen LogP contribution in [0.15, 0.2) is 11.6 Å². The summed E-state index contributed by atoms with van der Waals surface area (Å²) in [5, 5.41) is 2.59. The number of hydrogen-bond acceptors (Lipinski definition) is 3.